The van der Waals surface area contributed by atoms with Crippen molar-refractivity contribution in [3.8, 4) is 11.3 Å². The van der Waals surface area contributed by atoms with Crippen LogP contribution in [0.15, 0.2) is 78.9 Å². The van der Waals surface area contributed by atoms with E-state index >= 15 is 0 Å². The molecule has 0 aliphatic rings. The van der Waals surface area contributed by atoms with Gasteiger partial charge < -0.3 is 14.8 Å². The SMILES string of the molecule is CCOC(=O)c1ccc(NC(=O)COC(=O)c2cc(-c3ccc(F)cc3)nc3ccccc23)cc1. The molecule has 0 aliphatic carbocycles. The molecule has 0 unspecified atom stereocenters. The number of hydrogen-bond donors (Lipinski definition) is 1. The Balaban J connectivity index is 1.47. The fourth-order valence-electron chi connectivity index (χ4n) is 3.42. The van der Waals surface area contributed by atoms with E-state index in [4.69, 9.17) is 9.47 Å². The molecule has 1 aromatic heterocycles. The Morgan fingerprint density at radius 3 is 2.31 bits per heavy atom. The second-order valence-electron chi connectivity index (χ2n) is 7.50. The Kier molecular flexibility index (Phi) is 7.11. The number of ether oxygens (including phenoxy) is 2. The lowest BCUT2D eigenvalue weighted by Gasteiger charge is -2.11. The Morgan fingerprint density at radius 2 is 1.60 bits per heavy atom. The molecule has 4 rings (SSSR count). The topological polar surface area (TPSA) is 94.6 Å². The Bertz CT molecular complexity index is 1390. The molecule has 176 valence electrons. The maximum Gasteiger partial charge on any atom is 0.339 e. The van der Waals surface area contributed by atoms with Crippen LogP contribution in [0.25, 0.3) is 22.2 Å². The van der Waals surface area contributed by atoms with E-state index in [0.29, 0.717) is 33.4 Å². The largest absolute Gasteiger partial charge is 0.462 e. The number of fused-ring (bicyclic) bond motifs is 1. The van der Waals surface area contributed by atoms with E-state index in [1.54, 1.807) is 61.5 Å². The van der Waals surface area contributed by atoms with Gasteiger partial charge in [0.25, 0.3) is 5.91 Å². The van der Waals surface area contributed by atoms with Gasteiger partial charge in [-0.3, -0.25) is 4.79 Å². The maximum atomic E-state index is 13.3. The maximum absolute atomic E-state index is 13.3. The summed E-state index contributed by atoms with van der Waals surface area (Å²) in [4.78, 5) is 41.5. The van der Waals surface area contributed by atoms with Gasteiger partial charge in [-0.2, -0.15) is 0 Å². The van der Waals surface area contributed by atoms with Crippen molar-refractivity contribution in [3.05, 3.63) is 95.8 Å². The number of carbonyl (C=O) groups excluding carboxylic acids is 3. The first kappa shape index (κ1) is 23.6. The number of pyridine rings is 1. The van der Waals surface area contributed by atoms with E-state index in [9.17, 15) is 18.8 Å². The number of anilines is 1. The van der Waals surface area contributed by atoms with Crippen LogP contribution in [0.2, 0.25) is 0 Å². The Morgan fingerprint density at radius 1 is 0.886 bits per heavy atom. The second kappa shape index (κ2) is 10.6. The highest BCUT2D eigenvalue weighted by Crippen LogP contribution is 2.25. The lowest BCUT2D eigenvalue weighted by molar-refractivity contribution is -0.119. The van der Waals surface area contributed by atoms with Gasteiger partial charge in [0.05, 0.1) is 28.9 Å². The molecule has 0 radical (unpaired) electrons. The van der Waals surface area contributed by atoms with Crippen LogP contribution in [0, 0.1) is 5.82 Å². The van der Waals surface area contributed by atoms with Crippen LogP contribution in [0.5, 0.6) is 0 Å². The van der Waals surface area contributed by atoms with Crippen LogP contribution in [0.3, 0.4) is 0 Å². The normalized spacial score (nSPS) is 10.6. The van der Waals surface area contributed by atoms with Gasteiger partial charge in [-0.05, 0) is 67.6 Å². The first-order chi connectivity index (χ1) is 16.9. The summed E-state index contributed by atoms with van der Waals surface area (Å²) in [6, 6.07) is 20.5. The molecule has 1 amide bonds. The van der Waals surface area contributed by atoms with Crippen molar-refractivity contribution in [1.29, 1.82) is 0 Å². The third-order valence-electron chi connectivity index (χ3n) is 5.09. The average molecular weight is 472 g/mol. The number of rotatable bonds is 7. The third kappa shape index (κ3) is 5.67. The second-order valence-corrected chi connectivity index (χ2v) is 7.50. The quantitative estimate of drug-likeness (QED) is 0.380. The monoisotopic (exact) mass is 472 g/mol. The molecule has 0 atom stereocenters. The number of halogens is 1. The van der Waals surface area contributed by atoms with Crippen LogP contribution in [-0.2, 0) is 14.3 Å². The Hall–Kier alpha value is -4.59. The van der Waals surface area contributed by atoms with Crippen molar-refractivity contribution in [2.75, 3.05) is 18.5 Å². The number of nitrogens with one attached hydrogen (secondary N) is 1. The first-order valence-electron chi connectivity index (χ1n) is 10.8. The minimum absolute atomic E-state index is 0.238. The standard InChI is InChI=1S/C27H21FN2O5/c1-2-34-26(32)18-9-13-20(14-10-18)29-25(31)16-35-27(33)22-15-24(17-7-11-19(28)12-8-17)30-23-6-4-3-5-21(22)23/h3-15H,2,16H2,1H3,(H,29,31). The van der Waals surface area contributed by atoms with Crippen molar-refractivity contribution in [2.24, 2.45) is 0 Å². The summed E-state index contributed by atoms with van der Waals surface area (Å²) in [7, 11) is 0. The van der Waals surface area contributed by atoms with Gasteiger partial charge in [-0.15, -0.1) is 0 Å². The minimum Gasteiger partial charge on any atom is -0.462 e. The molecule has 0 spiro atoms. The van der Waals surface area contributed by atoms with E-state index in [-0.39, 0.29) is 18.0 Å². The highest BCUT2D eigenvalue weighted by molar-refractivity contribution is 6.05. The van der Waals surface area contributed by atoms with E-state index in [2.05, 4.69) is 10.3 Å². The number of carbonyl (C=O) groups is 3. The highest BCUT2D eigenvalue weighted by Gasteiger charge is 2.17. The van der Waals surface area contributed by atoms with Crippen LogP contribution in [-0.4, -0.2) is 36.0 Å². The zero-order valence-corrected chi connectivity index (χ0v) is 18.8. The highest BCUT2D eigenvalue weighted by atomic mass is 19.1. The first-order valence-corrected chi connectivity index (χ1v) is 10.8. The molecule has 0 saturated heterocycles. The van der Waals surface area contributed by atoms with E-state index in [0.717, 1.165) is 0 Å². The number of amides is 1. The molecule has 0 fully saturated rings. The summed E-state index contributed by atoms with van der Waals surface area (Å²) in [5.74, 6) is -2.07. The molecule has 4 aromatic rings. The lowest BCUT2D eigenvalue weighted by Crippen LogP contribution is -2.21. The predicted molar refractivity (Wildman–Crippen MR) is 128 cm³/mol. The van der Waals surface area contributed by atoms with Crippen molar-refractivity contribution in [2.45, 2.75) is 6.92 Å². The smallest absolute Gasteiger partial charge is 0.339 e. The van der Waals surface area contributed by atoms with Gasteiger partial charge >= 0.3 is 11.9 Å². The summed E-state index contributed by atoms with van der Waals surface area (Å²) in [5, 5.41) is 3.18. The molecule has 35 heavy (non-hydrogen) atoms. The van der Waals surface area contributed by atoms with Crippen molar-refractivity contribution >= 4 is 34.4 Å². The molecule has 0 bridgehead atoms. The van der Waals surface area contributed by atoms with Gasteiger partial charge in [0.2, 0.25) is 0 Å². The zero-order valence-electron chi connectivity index (χ0n) is 18.8. The van der Waals surface area contributed by atoms with Crippen LogP contribution >= 0.6 is 0 Å². The van der Waals surface area contributed by atoms with Gasteiger partial charge in [-0.1, -0.05) is 18.2 Å². The number of para-hydroxylation sites is 1. The summed E-state index contributed by atoms with van der Waals surface area (Å²) >= 11 is 0. The molecule has 7 nitrogen and oxygen atoms in total. The van der Waals surface area contributed by atoms with E-state index in [1.165, 1.54) is 24.3 Å². The Labute approximate surface area is 200 Å². The number of hydrogen-bond acceptors (Lipinski definition) is 6. The van der Waals surface area contributed by atoms with Gasteiger partial charge in [0.15, 0.2) is 6.61 Å². The molecular weight excluding hydrogens is 451 g/mol. The number of benzene rings is 3. The third-order valence-corrected chi connectivity index (χ3v) is 5.09. The summed E-state index contributed by atoms with van der Waals surface area (Å²) in [6.07, 6.45) is 0. The van der Waals surface area contributed by atoms with Crippen molar-refractivity contribution in [1.82, 2.24) is 4.98 Å². The minimum atomic E-state index is -0.695. The molecule has 8 heteroatoms. The van der Waals surface area contributed by atoms with Gasteiger partial charge in [-0.25, -0.2) is 19.0 Å². The summed E-state index contributed by atoms with van der Waals surface area (Å²) in [6.45, 7) is 1.47. The van der Waals surface area contributed by atoms with Crippen molar-refractivity contribution in [3.63, 3.8) is 0 Å². The fourth-order valence-corrected chi connectivity index (χ4v) is 3.42. The molecular formula is C27H21FN2O5. The van der Waals surface area contributed by atoms with Gasteiger partial charge in [0, 0.05) is 16.6 Å². The van der Waals surface area contributed by atoms with E-state index in [1.807, 2.05) is 0 Å². The average Bonchev–Trinajstić information content (AvgIpc) is 2.87. The molecule has 1 heterocycles. The fraction of sp³-hybridized carbons (Fsp3) is 0.111. The zero-order chi connectivity index (χ0) is 24.8. The number of nitrogens with zero attached hydrogens (tertiary/aromatic N) is 1. The molecule has 3 aromatic carbocycles. The lowest BCUT2D eigenvalue weighted by atomic mass is 10.0. The van der Waals surface area contributed by atoms with Crippen molar-refractivity contribution < 1.29 is 28.2 Å². The van der Waals surface area contributed by atoms with Crippen LogP contribution in [0.4, 0.5) is 10.1 Å². The summed E-state index contributed by atoms with van der Waals surface area (Å²) < 4.78 is 23.5. The van der Waals surface area contributed by atoms with Crippen LogP contribution < -0.4 is 5.32 Å². The summed E-state index contributed by atoms with van der Waals surface area (Å²) in [5.41, 5.74) is 2.70. The molecule has 0 saturated carbocycles. The van der Waals surface area contributed by atoms with E-state index < -0.39 is 24.5 Å². The number of aromatic nitrogens is 1. The number of esters is 2. The van der Waals surface area contributed by atoms with Crippen LogP contribution in [0.1, 0.15) is 27.6 Å². The predicted octanol–water partition coefficient (Wildman–Crippen LogP) is 5.01. The van der Waals surface area contributed by atoms with Gasteiger partial charge in [0.1, 0.15) is 5.82 Å². The molecule has 1 N–H and O–H groups in total. The molecule has 0 aliphatic heterocycles.